The number of primary amides is 1. The lowest BCUT2D eigenvalue weighted by Gasteiger charge is -2.33. The molecule has 26 heavy (non-hydrogen) atoms. The number of nitrogens with two attached hydrogens (primary N) is 1. The summed E-state index contributed by atoms with van der Waals surface area (Å²) in [6.45, 7) is 0.790. The van der Waals surface area contributed by atoms with Gasteiger partial charge in [0.05, 0.1) is 23.7 Å². The first-order chi connectivity index (χ1) is 12.2. The molecule has 2 fully saturated rings. The van der Waals surface area contributed by atoms with Crippen molar-refractivity contribution in [1.29, 1.82) is 0 Å². The molecule has 1 atom stereocenters. The van der Waals surface area contributed by atoms with E-state index in [1.807, 2.05) is 0 Å². The van der Waals surface area contributed by atoms with Gasteiger partial charge in [0, 0.05) is 5.92 Å². The first-order valence-electron chi connectivity index (χ1n) is 8.26. The number of benzene rings is 1. The van der Waals surface area contributed by atoms with Crippen molar-refractivity contribution < 1.29 is 27.6 Å². The van der Waals surface area contributed by atoms with Crippen LogP contribution >= 0.6 is 0 Å². The van der Waals surface area contributed by atoms with Gasteiger partial charge in [0.2, 0.25) is 11.8 Å². The predicted octanol–water partition coefficient (Wildman–Crippen LogP) is 1.53. The second kappa shape index (κ2) is 6.71. The average Bonchev–Trinajstić information content (AvgIpc) is 2.88. The SMILES string of the molecule is NC(=O)C1CCN([C@H]2CC(=O)N(c3ccccc3C(F)(F)F)C2=O)CC1. The second-order valence-corrected chi connectivity index (χ2v) is 6.51. The van der Waals surface area contributed by atoms with E-state index in [0.29, 0.717) is 30.8 Å². The van der Waals surface area contributed by atoms with Crippen LogP contribution in [0.15, 0.2) is 24.3 Å². The smallest absolute Gasteiger partial charge is 0.369 e. The maximum absolute atomic E-state index is 13.2. The van der Waals surface area contributed by atoms with E-state index >= 15 is 0 Å². The van der Waals surface area contributed by atoms with Crippen molar-refractivity contribution in [1.82, 2.24) is 4.90 Å². The highest BCUT2D eigenvalue weighted by atomic mass is 19.4. The third-order valence-corrected chi connectivity index (χ3v) is 4.95. The highest BCUT2D eigenvalue weighted by Crippen LogP contribution is 2.38. The van der Waals surface area contributed by atoms with Gasteiger partial charge in [0.15, 0.2) is 0 Å². The third kappa shape index (κ3) is 3.31. The van der Waals surface area contributed by atoms with Gasteiger partial charge in [-0.2, -0.15) is 13.2 Å². The van der Waals surface area contributed by atoms with Gasteiger partial charge < -0.3 is 5.73 Å². The number of piperidine rings is 1. The van der Waals surface area contributed by atoms with Crippen LogP contribution in [0.25, 0.3) is 0 Å². The van der Waals surface area contributed by atoms with Gasteiger partial charge in [-0.25, -0.2) is 4.90 Å². The van der Waals surface area contributed by atoms with Gasteiger partial charge >= 0.3 is 6.18 Å². The lowest BCUT2D eigenvalue weighted by Crippen LogP contribution is -2.47. The van der Waals surface area contributed by atoms with Crippen LogP contribution < -0.4 is 10.6 Å². The van der Waals surface area contributed by atoms with Gasteiger partial charge in [-0.15, -0.1) is 0 Å². The topological polar surface area (TPSA) is 83.7 Å². The summed E-state index contributed by atoms with van der Waals surface area (Å²) in [5, 5.41) is 0. The molecule has 6 nitrogen and oxygen atoms in total. The molecule has 3 rings (SSSR count). The Balaban J connectivity index is 1.82. The molecule has 2 saturated heterocycles. The molecule has 2 aliphatic heterocycles. The zero-order chi connectivity index (χ0) is 19.1. The van der Waals surface area contributed by atoms with Crippen LogP contribution in [0.5, 0.6) is 0 Å². The largest absolute Gasteiger partial charge is 0.418 e. The summed E-state index contributed by atoms with van der Waals surface area (Å²) in [7, 11) is 0. The fraction of sp³-hybridized carbons (Fsp3) is 0.471. The molecule has 0 aromatic heterocycles. The molecule has 140 valence electrons. The van der Waals surface area contributed by atoms with Gasteiger partial charge in [-0.3, -0.25) is 19.3 Å². The van der Waals surface area contributed by atoms with Crippen molar-refractivity contribution in [2.24, 2.45) is 11.7 Å². The number of likely N-dealkylation sites (tertiary alicyclic amines) is 1. The normalized spacial score (nSPS) is 22.9. The molecule has 2 N–H and O–H groups in total. The third-order valence-electron chi connectivity index (χ3n) is 4.95. The highest BCUT2D eigenvalue weighted by Gasteiger charge is 2.46. The van der Waals surface area contributed by atoms with Crippen molar-refractivity contribution in [2.45, 2.75) is 31.5 Å². The van der Waals surface area contributed by atoms with Crippen molar-refractivity contribution in [2.75, 3.05) is 18.0 Å². The molecule has 0 radical (unpaired) electrons. The summed E-state index contributed by atoms with van der Waals surface area (Å²) in [4.78, 5) is 38.7. The van der Waals surface area contributed by atoms with Crippen molar-refractivity contribution in [3.8, 4) is 0 Å². The molecular weight excluding hydrogens is 351 g/mol. The Labute approximate surface area is 147 Å². The van der Waals surface area contributed by atoms with Crippen LogP contribution in [0, 0.1) is 5.92 Å². The number of carbonyl (C=O) groups excluding carboxylic acids is 3. The Bertz CT molecular complexity index is 742. The lowest BCUT2D eigenvalue weighted by atomic mass is 9.95. The molecule has 0 spiro atoms. The molecule has 3 amide bonds. The molecule has 1 aromatic rings. The molecule has 0 saturated carbocycles. The fourth-order valence-electron chi connectivity index (χ4n) is 3.56. The summed E-state index contributed by atoms with van der Waals surface area (Å²) in [5.41, 5.74) is 3.82. The van der Waals surface area contributed by atoms with Gasteiger partial charge in [0.1, 0.15) is 0 Å². The van der Waals surface area contributed by atoms with Gasteiger partial charge in [-0.1, -0.05) is 12.1 Å². The number of anilines is 1. The number of nitrogens with zero attached hydrogens (tertiary/aromatic N) is 2. The zero-order valence-corrected chi connectivity index (χ0v) is 13.8. The summed E-state index contributed by atoms with van der Waals surface area (Å²) >= 11 is 0. The standard InChI is InChI=1S/C17H18F3N3O3/c18-17(19,20)11-3-1-2-4-12(11)23-14(24)9-13(16(23)26)22-7-5-10(6-8-22)15(21)25/h1-4,10,13H,5-9H2,(H2,21,25)/t13-/m0/s1. The molecular formula is C17H18F3N3O3. The summed E-state index contributed by atoms with van der Waals surface area (Å²) < 4.78 is 39.7. The number of rotatable bonds is 3. The van der Waals surface area contributed by atoms with Crippen LogP contribution in [0.3, 0.4) is 0 Å². The highest BCUT2D eigenvalue weighted by molar-refractivity contribution is 6.22. The quantitative estimate of drug-likeness (QED) is 0.819. The molecule has 0 bridgehead atoms. The summed E-state index contributed by atoms with van der Waals surface area (Å²) in [5.74, 6) is -2.00. The van der Waals surface area contributed by atoms with Crippen molar-refractivity contribution >= 4 is 23.4 Å². The van der Waals surface area contributed by atoms with E-state index in [4.69, 9.17) is 5.73 Å². The maximum Gasteiger partial charge on any atom is 0.418 e. The van der Waals surface area contributed by atoms with Crippen LogP contribution in [0.1, 0.15) is 24.8 Å². The molecule has 0 aliphatic carbocycles. The summed E-state index contributed by atoms with van der Waals surface area (Å²) in [6.07, 6.45) is -3.92. The van der Waals surface area contributed by atoms with Gasteiger partial charge in [-0.05, 0) is 38.1 Å². The number of para-hydroxylation sites is 1. The Morgan fingerprint density at radius 1 is 1.12 bits per heavy atom. The molecule has 0 unspecified atom stereocenters. The van der Waals surface area contributed by atoms with Crippen LogP contribution in [-0.2, 0) is 20.6 Å². The van der Waals surface area contributed by atoms with E-state index in [1.165, 1.54) is 12.1 Å². The number of imide groups is 1. The molecule has 9 heteroatoms. The van der Waals surface area contributed by atoms with E-state index in [-0.39, 0.29) is 12.3 Å². The molecule has 1 aromatic carbocycles. The van der Waals surface area contributed by atoms with E-state index in [1.54, 1.807) is 4.90 Å². The number of hydrogen-bond donors (Lipinski definition) is 1. The Morgan fingerprint density at radius 3 is 2.31 bits per heavy atom. The zero-order valence-electron chi connectivity index (χ0n) is 13.8. The Morgan fingerprint density at radius 2 is 1.73 bits per heavy atom. The average molecular weight is 369 g/mol. The number of amides is 3. The first kappa shape index (κ1) is 18.4. The van der Waals surface area contributed by atoms with Crippen molar-refractivity contribution in [3.05, 3.63) is 29.8 Å². The number of halogens is 3. The summed E-state index contributed by atoms with van der Waals surface area (Å²) in [6, 6.07) is 3.74. The first-order valence-corrected chi connectivity index (χ1v) is 8.26. The van der Waals surface area contributed by atoms with Crippen LogP contribution in [-0.4, -0.2) is 41.8 Å². The Kier molecular flexibility index (Phi) is 4.74. The molecule has 2 heterocycles. The second-order valence-electron chi connectivity index (χ2n) is 6.51. The molecule has 2 aliphatic rings. The van der Waals surface area contributed by atoms with E-state index < -0.39 is 41.2 Å². The minimum atomic E-state index is -4.67. The van der Waals surface area contributed by atoms with Crippen LogP contribution in [0.4, 0.5) is 18.9 Å². The van der Waals surface area contributed by atoms with E-state index in [0.717, 1.165) is 12.1 Å². The monoisotopic (exact) mass is 369 g/mol. The maximum atomic E-state index is 13.2. The Hall–Kier alpha value is -2.42. The minimum absolute atomic E-state index is 0.174. The predicted molar refractivity (Wildman–Crippen MR) is 85.8 cm³/mol. The number of hydrogen-bond acceptors (Lipinski definition) is 4. The van der Waals surface area contributed by atoms with E-state index in [2.05, 4.69) is 0 Å². The van der Waals surface area contributed by atoms with Crippen molar-refractivity contribution in [3.63, 3.8) is 0 Å². The number of carbonyl (C=O) groups is 3. The fourth-order valence-corrected chi connectivity index (χ4v) is 3.56. The van der Waals surface area contributed by atoms with Crippen LogP contribution in [0.2, 0.25) is 0 Å². The number of alkyl halides is 3. The lowest BCUT2D eigenvalue weighted by molar-refractivity contribution is -0.137. The van der Waals surface area contributed by atoms with E-state index in [9.17, 15) is 27.6 Å². The minimum Gasteiger partial charge on any atom is -0.369 e. The van der Waals surface area contributed by atoms with Gasteiger partial charge in [0.25, 0.3) is 5.91 Å².